The molecule has 0 aliphatic rings. The number of ether oxygens (including phenoxy) is 2. The summed E-state index contributed by atoms with van der Waals surface area (Å²) in [6.07, 6.45) is 5.30. The predicted octanol–water partition coefficient (Wildman–Crippen LogP) is 5.04. The Labute approximate surface area is 148 Å². The number of esters is 1. The lowest BCUT2D eigenvalue weighted by molar-refractivity contribution is -0.141. The molecule has 5 heteroatoms. The van der Waals surface area contributed by atoms with Crippen molar-refractivity contribution in [3.8, 4) is 5.06 Å². The smallest absolute Gasteiger partial charge is 0.313 e. The van der Waals surface area contributed by atoms with Gasteiger partial charge in [0, 0.05) is 0 Å². The van der Waals surface area contributed by atoms with Crippen LogP contribution in [-0.4, -0.2) is 25.0 Å². The van der Waals surface area contributed by atoms with Crippen LogP contribution in [0.15, 0.2) is 23.8 Å². The van der Waals surface area contributed by atoms with Gasteiger partial charge in [-0.15, -0.1) is 0 Å². The fraction of sp³-hybridized carbons (Fsp3) is 0.579. The van der Waals surface area contributed by atoms with E-state index >= 15 is 0 Å². The zero-order valence-corrected chi connectivity index (χ0v) is 15.9. The molecule has 134 valence electrons. The first-order valence-corrected chi connectivity index (χ1v) is 9.28. The van der Waals surface area contributed by atoms with Crippen molar-refractivity contribution in [2.75, 3.05) is 13.2 Å². The van der Waals surface area contributed by atoms with Crippen LogP contribution in [0, 0.1) is 5.92 Å². The van der Waals surface area contributed by atoms with E-state index in [0.29, 0.717) is 17.4 Å². The average Bonchev–Trinajstić information content (AvgIpc) is 2.96. The number of hydrogen-bond acceptors (Lipinski definition) is 5. The van der Waals surface area contributed by atoms with Gasteiger partial charge in [0.25, 0.3) is 0 Å². The lowest BCUT2D eigenvalue weighted by Crippen LogP contribution is -2.10. The van der Waals surface area contributed by atoms with Gasteiger partial charge in [-0.25, -0.2) is 0 Å². The average molecular weight is 352 g/mol. The van der Waals surface area contributed by atoms with Gasteiger partial charge < -0.3 is 9.47 Å². The van der Waals surface area contributed by atoms with E-state index in [1.807, 2.05) is 0 Å². The second-order valence-electron chi connectivity index (χ2n) is 6.12. The monoisotopic (exact) mass is 352 g/mol. The number of thiophene rings is 1. The summed E-state index contributed by atoms with van der Waals surface area (Å²) in [6.45, 7) is 9.11. The Morgan fingerprint density at radius 3 is 2.67 bits per heavy atom. The van der Waals surface area contributed by atoms with Gasteiger partial charge in [-0.3, -0.25) is 9.59 Å². The van der Waals surface area contributed by atoms with E-state index in [2.05, 4.69) is 26.8 Å². The zero-order valence-electron chi connectivity index (χ0n) is 15.1. The molecule has 0 amide bonds. The molecule has 1 unspecified atom stereocenters. The molecule has 0 aliphatic heterocycles. The summed E-state index contributed by atoms with van der Waals surface area (Å²) in [5.74, 6) is -0.0996. The maximum Gasteiger partial charge on any atom is 0.313 e. The third kappa shape index (κ3) is 8.29. The molecule has 0 aromatic carbocycles. The van der Waals surface area contributed by atoms with Crippen molar-refractivity contribution < 1.29 is 19.1 Å². The first kappa shape index (κ1) is 20.4. The summed E-state index contributed by atoms with van der Waals surface area (Å²) < 4.78 is 10.5. The minimum absolute atomic E-state index is 0.213. The van der Waals surface area contributed by atoms with Crippen molar-refractivity contribution >= 4 is 23.1 Å². The Morgan fingerprint density at radius 2 is 2.00 bits per heavy atom. The summed E-state index contributed by atoms with van der Waals surface area (Å²) in [5.41, 5.74) is 1.36. The van der Waals surface area contributed by atoms with Crippen LogP contribution < -0.4 is 4.74 Å². The van der Waals surface area contributed by atoms with Crippen LogP contribution in [0.5, 0.6) is 5.06 Å². The van der Waals surface area contributed by atoms with E-state index in [-0.39, 0.29) is 18.8 Å². The minimum Gasteiger partial charge on any atom is -0.484 e. The molecule has 0 N–H and O–H groups in total. The van der Waals surface area contributed by atoms with Gasteiger partial charge in [0.05, 0.1) is 18.1 Å². The number of ketones is 1. The van der Waals surface area contributed by atoms with Crippen LogP contribution in [0.1, 0.15) is 63.0 Å². The molecular formula is C19H28O4S. The highest BCUT2D eigenvalue weighted by Crippen LogP contribution is 2.26. The number of hydrogen-bond donors (Lipinski definition) is 0. The van der Waals surface area contributed by atoms with Gasteiger partial charge in [-0.1, -0.05) is 29.9 Å². The van der Waals surface area contributed by atoms with Crippen LogP contribution >= 0.6 is 11.3 Å². The molecule has 0 spiro atoms. The van der Waals surface area contributed by atoms with Crippen LogP contribution in [0.4, 0.5) is 0 Å². The van der Waals surface area contributed by atoms with E-state index in [1.165, 1.54) is 16.9 Å². The molecule has 0 radical (unpaired) electrons. The van der Waals surface area contributed by atoms with Crippen molar-refractivity contribution in [1.29, 1.82) is 0 Å². The third-order valence-corrected chi connectivity index (χ3v) is 4.57. The van der Waals surface area contributed by atoms with Crippen molar-refractivity contribution in [2.45, 2.75) is 53.4 Å². The first-order valence-electron chi connectivity index (χ1n) is 8.47. The van der Waals surface area contributed by atoms with E-state index in [4.69, 9.17) is 9.47 Å². The van der Waals surface area contributed by atoms with Crippen LogP contribution in [0.3, 0.4) is 0 Å². The SMILES string of the molecule is CCOC(=O)CC(=O)c1ccc(OCCC(C)CCC=C(C)C)s1. The Bertz CT molecular complexity index is 555. The molecule has 0 saturated carbocycles. The maximum absolute atomic E-state index is 11.9. The van der Waals surface area contributed by atoms with Gasteiger partial charge in [-0.2, -0.15) is 0 Å². The highest BCUT2D eigenvalue weighted by Gasteiger charge is 2.15. The van der Waals surface area contributed by atoms with Crippen molar-refractivity contribution in [3.63, 3.8) is 0 Å². The fourth-order valence-corrected chi connectivity index (χ4v) is 2.96. The lowest BCUT2D eigenvalue weighted by Gasteiger charge is -2.10. The fourth-order valence-electron chi connectivity index (χ4n) is 2.14. The van der Waals surface area contributed by atoms with Crippen LogP contribution in [-0.2, 0) is 9.53 Å². The van der Waals surface area contributed by atoms with Gasteiger partial charge in [0.15, 0.2) is 10.8 Å². The first-order chi connectivity index (χ1) is 11.4. The molecule has 0 aliphatic carbocycles. The molecule has 1 rings (SSSR count). The molecule has 4 nitrogen and oxygen atoms in total. The van der Waals surface area contributed by atoms with E-state index < -0.39 is 5.97 Å². The van der Waals surface area contributed by atoms with Crippen molar-refractivity contribution in [2.24, 2.45) is 5.92 Å². The largest absolute Gasteiger partial charge is 0.484 e. The van der Waals surface area contributed by atoms with E-state index in [0.717, 1.165) is 24.3 Å². The molecule has 1 heterocycles. The van der Waals surface area contributed by atoms with Gasteiger partial charge in [-0.05, 0) is 58.1 Å². The Balaban J connectivity index is 2.32. The highest BCUT2D eigenvalue weighted by molar-refractivity contribution is 7.15. The molecule has 24 heavy (non-hydrogen) atoms. The molecular weight excluding hydrogens is 324 g/mol. The second-order valence-corrected chi connectivity index (χ2v) is 7.17. The minimum atomic E-state index is -0.483. The number of rotatable bonds is 11. The predicted molar refractivity (Wildman–Crippen MR) is 97.8 cm³/mol. The third-order valence-electron chi connectivity index (χ3n) is 3.53. The Hall–Kier alpha value is -1.62. The van der Waals surface area contributed by atoms with Crippen LogP contribution in [0.2, 0.25) is 0 Å². The molecule has 1 atom stereocenters. The van der Waals surface area contributed by atoms with E-state index in [1.54, 1.807) is 19.1 Å². The van der Waals surface area contributed by atoms with Gasteiger partial charge >= 0.3 is 5.97 Å². The summed E-state index contributed by atoms with van der Waals surface area (Å²) in [7, 11) is 0. The molecule has 0 bridgehead atoms. The Kier molecular flexibility index (Phi) is 9.38. The molecule has 1 aromatic rings. The van der Waals surface area contributed by atoms with Crippen molar-refractivity contribution in [1.82, 2.24) is 0 Å². The lowest BCUT2D eigenvalue weighted by atomic mass is 10.0. The topological polar surface area (TPSA) is 52.6 Å². The standard InChI is InChI=1S/C19H28O4S/c1-5-22-18(21)13-16(20)17-9-10-19(24-17)23-12-11-15(4)8-6-7-14(2)3/h7,9-10,15H,5-6,8,11-13H2,1-4H3. The number of allylic oxidation sites excluding steroid dienone is 2. The Morgan fingerprint density at radius 1 is 1.25 bits per heavy atom. The second kappa shape index (κ2) is 11.0. The molecule has 0 saturated heterocycles. The molecule has 0 fully saturated rings. The maximum atomic E-state index is 11.9. The van der Waals surface area contributed by atoms with Gasteiger partial charge in [0.1, 0.15) is 6.42 Å². The molecule has 1 aromatic heterocycles. The van der Waals surface area contributed by atoms with Crippen LogP contribution in [0.25, 0.3) is 0 Å². The highest BCUT2D eigenvalue weighted by atomic mass is 32.1. The number of carbonyl (C=O) groups excluding carboxylic acids is 2. The number of Topliss-reactive ketones (excluding diaryl/α,β-unsaturated/α-hetero) is 1. The van der Waals surface area contributed by atoms with E-state index in [9.17, 15) is 9.59 Å². The zero-order chi connectivity index (χ0) is 17.9. The normalized spacial score (nSPS) is 11.7. The van der Waals surface area contributed by atoms with Gasteiger partial charge in [0.2, 0.25) is 0 Å². The van der Waals surface area contributed by atoms with Crippen molar-refractivity contribution in [3.05, 3.63) is 28.7 Å². The summed E-state index contributed by atoms with van der Waals surface area (Å²) >= 11 is 1.29. The summed E-state index contributed by atoms with van der Waals surface area (Å²) in [5, 5.41) is 0.721. The summed E-state index contributed by atoms with van der Waals surface area (Å²) in [6, 6.07) is 3.50. The summed E-state index contributed by atoms with van der Waals surface area (Å²) in [4.78, 5) is 23.8. The quantitative estimate of drug-likeness (QED) is 0.242. The number of carbonyl (C=O) groups is 2.